The van der Waals surface area contributed by atoms with Crippen LogP contribution in [0.1, 0.15) is 123 Å². The van der Waals surface area contributed by atoms with Crippen LogP contribution in [0.4, 0.5) is 0 Å². The Kier molecular flexibility index (Phi) is 18.2. The third kappa shape index (κ3) is 16.6. The zero-order valence-electron chi connectivity index (χ0n) is 16.5. The predicted molar refractivity (Wildman–Crippen MR) is 104 cm³/mol. The van der Waals surface area contributed by atoms with Gasteiger partial charge in [-0.2, -0.15) is 0 Å². The molecule has 0 saturated carbocycles. The van der Waals surface area contributed by atoms with Gasteiger partial charge in [-0.1, -0.05) is 97.3 Å². The highest BCUT2D eigenvalue weighted by Gasteiger charge is 2.11. The summed E-state index contributed by atoms with van der Waals surface area (Å²) in [6.45, 7) is 4.54. The lowest BCUT2D eigenvalue weighted by Crippen LogP contribution is -3.08. The predicted octanol–water partition coefficient (Wildman–Crippen LogP) is 6.04. The summed E-state index contributed by atoms with van der Waals surface area (Å²) in [5.41, 5.74) is 0. The molecule has 0 spiro atoms. The fourth-order valence-electron chi connectivity index (χ4n) is 3.42. The van der Waals surface area contributed by atoms with E-state index in [0.717, 1.165) is 12.8 Å². The van der Waals surface area contributed by atoms with Crippen molar-refractivity contribution in [3.63, 3.8) is 0 Å². The maximum Gasteiger partial charge on any atom is 0.0869 e. The monoisotopic (exact) mass is 327 g/mol. The van der Waals surface area contributed by atoms with Gasteiger partial charge in [-0.05, 0) is 25.7 Å². The van der Waals surface area contributed by atoms with Crippen LogP contribution >= 0.6 is 0 Å². The van der Waals surface area contributed by atoms with Gasteiger partial charge in [-0.15, -0.1) is 0 Å². The second-order valence-electron chi connectivity index (χ2n) is 7.48. The Morgan fingerprint density at radius 3 is 1.17 bits per heavy atom. The highest BCUT2D eigenvalue weighted by molar-refractivity contribution is 4.58. The van der Waals surface area contributed by atoms with Crippen LogP contribution in [0.5, 0.6) is 0 Å². The third-order valence-electron chi connectivity index (χ3n) is 5.14. The molecule has 1 N–H and O–H groups in total. The quantitative estimate of drug-likeness (QED) is 0.241. The SMILES string of the molecule is CCCCCCCCCCCC(CCCCCCCC)[NH+](C)[O-]. The van der Waals surface area contributed by atoms with Crippen molar-refractivity contribution in [2.45, 2.75) is 129 Å². The van der Waals surface area contributed by atoms with Crippen molar-refractivity contribution < 1.29 is 5.06 Å². The van der Waals surface area contributed by atoms with Crippen LogP contribution in [0.3, 0.4) is 0 Å². The molecule has 0 heterocycles. The van der Waals surface area contributed by atoms with Gasteiger partial charge in [0.25, 0.3) is 0 Å². The van der Waals surface area contributed by atoms with Gasteiger partial charge in [0, 0.05) is 0 Å². The molecular formula is C21H45NO. The van der Waals surface area contributed by atoms with E-state index in [-0.39, 0.29) is 0 Å². The molecule has 0 amide bonds. The topological polar surface area (TPSA) is 27.5 Å². The number of hydrogen-bond acceptors (Lipinski definition) is 1. The van der Waals surface area contributed by atoms with Crippen molar-refractivity contribution in [3.05, 3.63) is 5.21 Å². The van der Waals surface area contributed by atoms with E-state index in [1.165, 1.54) is 96.3 Å². The van der Waals surface area contributed by atoms with Crippen LogP contribution in [0.2, 0.25) is 0 Å². The highest BCUT2D eigenvalue weighted by Crippen LogP contribution is 2.13. The Balaban J connectivity index is 3.46. The maximum atomic E-state index is 11.8. The normalized spacial score (nSPS) is 14.1. The van der Waals surface area contributed by atoms with Crippen molar-refractivity contribution in [1.29, 1.82) is 0 Å². The Morgan fingerprint density at radius 2 is 0.870 bits per heavy atom. The van der Waals surface area contributed by atoms with Crippen LogP contribution < -0.4 is 5.06 Å². The summed E-state index contributed by atoms with van der Waals surface area (Å²) in [5, 5.41) is 12.2. The minimum Gasteiger partial charge on any atom is -0.634 e. The Morgan fingerprint density at radius 1 is 0.565 bits per heavy atom. The van der Waals surface area contributed by atoms with E-state index in [0.29, 0.717) is 11.1 Å². The summed E-state index contributed by atoms with van der Waals surface area (Å²) in [7, 11) is 1.80. The lowest BCUT2D eigenvalue weighted by atomic mass is 10.00. The Hall–Kier alpha value is -0.0800. The maximum absolute atomic E-state index is 11.8. The van der Waals surface area contributed by atoms with Gasteiger partial charge in [0.15, 0.2) is 0 Å². The smallest absolute Gasteiger partial charge is 0.0869 e. The van der Waals surface area contributed by atoms with E-state index >= 15 is 0 Å². The van der Waals surface area contributed by atoms with Gasteiger partial charge < -0.3 is 10.3 Å². The van der Waals surface area contributed by atoms with Crippen LogP contribution in [0.15, 0.2) is 0 Å². The van der Waals surface area contributed by atoms with Crippen LogP contribution in [-0.4, -0.2) is 13.1 Å². The zero-order chi connectivity index (χ0) is 17.2. The summed E-state index contributed by atoms with van der Waals surface area (Å²) in [5.74, 6) is 0. The average molecular weight is 328 g/mol. The molecule has 0 aliphatic carbocycles. The molecule has 0 aliphatic rings. The third-order valence-corrected chi connectivity index (χ3v) is 5.14. The number of hydroxylamine groups is 2. The molecule has 2 nitrogen and oxygen atoms in total. The average Bonchev–Trinajstić information content (AvgIpc) is 2.54. The van der Waals surface area contributed by atoms with E-state index in [1.54, 1.807) is 7.05 Å². The first-order valence-corrected chi connectivity index (χ1v) is 10.7. The van der Waals surface area contributed by atoms with Crippen molar-refractivity contribution >= 4 is 0 Å². The van der Waals surface area contributed by atoms with Gasteiger partial charge in [-0.25, -0.2) is 0 Å². The standard InChI is InChI=1S/C21H45NO/c1-4-6-8-10-12-13-14-16-18-20-21(22(3)23)19-17-15-11-9-7-5-2/h21-22H,4-20H2,1-3H3. The highest BCUT2D eigenvalue weighted by atomic mass is 16.5. The molecule has 2 heteroatoms. The molecule has 0 aromatic carbocycles. The Bertz CT molecular complexity index is 218. The largest absolute Gasteiger partial charge is 0.634 e. The summed E-state index contributed by atoms with van der Waals surface area (Å²) >= 11 is 0. The van der Waals surface area contributed by atoms with Crippen LogP contribution in [0.25, 0.3) is 0 Å². The lowest BCUT2D eigenvalue weighted by molar-refractivity contribution is -0.855. The molecular weight excluding hydrogens is 282 g/mol. The van der Waals surface area contributed by atoms with E-state index in [2.05, 4.69) is 13.8 Å². The van der Waals surface area contributed by atoms with Crippen LogP contribution in [-0.2, 0) is 0 Å². The van der Waals surface area contributed by atoms with Gasteiger partial charge >= 0.3 is 0 Å². The second-order valence-corrected chi connectivity index (χ2v) is 7.48. The molecule has 2 atom stereocenters. The summed E-state index contributed by atoms with van der Waals surface area (Å²) in [6.07, 6.45) is 22.6. The van der Waals surface area contributed by atoms with Crippen molar-refractivity contribution in [1.82, 2.24) is 0 Å². The van der Waals surface area contributed by atoms with Crippen molar-refractivity contribution in [2.24, 2.45) is 0 Å². The molecule has 2 unspecified atom stereocenters. The molecule has 0 aromatic rings. The van der Waals surface area contributed by atoms with Crippen LogP contribution in [0, 0.1) is 5.21 Å². The molecule has 0 aromatic heterocycles. The molecule has 23 heavy (non-hydrogen) atoms. The lowest BCUT2D eigenvalue weighted by Gasteiger charge is -2.28. The van der Waals surface area contributed by atoms with E-state index < -0.39 is 0 Å². The Labute approximate surface area is 147 Å². The molecule has 0 saturated heterocycles. The van der Waals surface area contributed by atoms with E-state index in [1.807, 2.05) is 0 Å². The number of rotatable bonds is 18. The van der Waals surface area contributed by atoms with Gasteiger partial charge in [0.1, 0.15) is 0 Å². The minimum atomic E-state index is 0.353. The minimum absolute atomic E-state index is 0.353. The van der Waals surface area contributed by atoms with Gasteiger partial charge in [0.2, 0.25) is 0 Å². The summed E-state index contributed by atoms with van der Waals surface area (Å²) in [4.78, 5) is 0. The number of hydrogen-bond donors (Lipinski definition) is 1. The van der Waals surface area contributed by atoms with E-state index in [4.69, 9.17) is 0 Å². The first-order valence-electron chi connectivity index (χ1n) is 10.7. The molecule has 0 aliphatic heterocycles. The first kappa shape index (κ1) is 22.9. The molecule has 0 rings (SSSR count). The molecule has 140 valence electrons. The molecule has 0 fully saturated rings. The second kappa shape index (κ2) is 18.3. The summed E-state index contributed by atoms with van der Waals surface area (Å²) < 4.78 is 0. The number of unbranched alkanes of at least 4 members (excludes halogenated alkanes) is 13. The van der Waals surface area contributed by atoms with Gasteiger partial charge in [0.05, 0.1) is 13.1 Å². The van der Waals surface area contributed by atoms with Gasteiger partial charge in [-0.3, -0.25) is 0 Å². The molecule has 0 bridgehead atoms. The fourth-order valence-corrected chi connectivity index (χ4v) is 3.42. The molecule has 0 radical (unpaired) electrons. The van der Waals surface area contributed by atoms with Crippen molar-refractivity contribution in [2.75, 3.05) is 7.05 Å². The fraction of sp³-hybridized carbons (Fsp3) is 1.00. The zero-order valence-corrected chi connectivity index (χ0v) is 16.5. The number of quaternary nitrogens is 1. The number of nitrogens with one attached hydrogen (secondary N) is 1. The first-order chi connectivity index (χ1) is 11.2. The van der Waals surface area contributed by atoms with E-state index in [9.17, 15) is 5.21 Å². The summed E-state index contributed by atoms with van der Waals surface area (Å²) in [6, 6.07) is 0.353. The van der Waals surface area contributed by atoms with Crippen molar-refractivity contribution in [3.8, 4) is 0 Å².